The zero-order valence-corrected chi connectivity index (χ0v) is 16.8. The Morgan fingerprint density at radius 3 is 2.96 bits per heavy atom. The maximum atomic E-state index is 13.1. The molecule has 0 saturated heterocycles. The van der Waals surface area contributed by atoms with Crippen molar-refractivity contribution in [2.45, 2.75) is 36.8 Å². The van der Waals surface area contributed by atoms with Gasteiger partial charge in [0.05, 0.1) is 10.4 Å². The van der Waals surface area contributed by atoms with E-state index in [0.29, 0.717) is 17.6 Å². The number of thioether (sulfide) groups is 1. The van der Waals surface area contributed by atoms with Crippen LogP contribution < -0.4 is 10.2 Å². The van der Waals surface area contributed by atoms with Crippen LogP contribution in [0.1, 0.15) is 32.6 Å². The predicted molar refractivity (Wildman–Crippen MR) is 111 cm³/mol. The zero-order valence-electron chi connectivity index (χ0n) is 15.1. The molecule has 0 bridgehead atoms. The fourth-order valence-electron chi connectivity index (χ4n) is 3.44. The van der Waals surface area contributed by atoms with Crippen LogP contribution in [0.25, 0.3) is 11.0 Å². The highest BCUT2D eigenvalue weighted by atomic mass is 32.2. The molecule has 0 aliphatic heterocycles. The molecule has 0 radical (unpaired) electrons. The number of fused-ring (bicyclic) bond motifs is 1. The van der Waals surface area contributed by atoms with Gasteiger partial charge < -0.3 is 0 Å². The number of amides is 2. The van der Waals surface area contributed by atoms with Crippen molar-refractivity contribution < 1.29 is 4.79 Å². The highest BCUT2D eigenvalue weighted by Gasteiger charge is 2.24. The number of nitrogens with zero attached hydrogens (tertiary/aromatic N) is 4. The van der Waals surface area contributed by atoms with Crippen molar-refractivity contribution in [3.05, 3.63) is 24.4 Å². The van der Waals surface area contributed by atoms with E-state index in [1.165, 1.54) is 37.0 Å². The maximum absolute atomic E-state index is 13.1. The third kappa shape index (κ3) is 4.24. The number of hydrogen-bond donors (Lipinski definition) is 2. The van der Waals surface area contributed by atoms with Crippen LogP contribution in [0.3, 0.4) is 0 Å². The van der Waals surface area contributed by atoms with Crippen molar-refractivity contribution in [2.75, 3.05) is 22.5 Å². The van der Waals surface area contributed by atoms with Gasteiger partial charge in [-0.1, -0.05) is 31.1 Å². The SMILES string of the molecule is CCSc1cnc(NC(=O)N(CC2CCCC2)c2ccc3n[nH]nc3c2)s1. The molecule has 1 aliphatic rings. The van der Waals surface area contributed by atoms with E-state index >= 15 is 0 Å². The average molecular weight is 403 g/mol. The molecular weight excluding hydrogens is 380 g/mol. The molecule has 4 rings (SSSR count). The zero-order chi connectivity index (χ0) is 18.6. The summed E-state index contributed by atoms with van der Waals surface area (Å²) in [5, 5.41) is 14.5. The fraction of sp³-hybridized carbons (Fsp3) is 0.444. The van der Waals surface area contributed by atoms with Gasteiger partial charge in [0.25, 0.3) is 0 Å². The van der Waals surface area contributed by atoms with Crippen LogP contribution in [-0.4, -0.2) is 38.7 Å². The Morgan fingerprint density at radius 1 is 1.33 bits per heavy atom. The standard InChI is InChI=1S/C18H22N6OS2/c1-2-26-16-10-19-17(27-16)20-18(25)24(11-12-5-3-4-6-12)13-7-8-14-15(9-13)22-23-21-14/h7-10,12H,2-6,11H2,1H3,(H,19,20,25)(H,21,22,23). The molecule has 2 amide bonds. The average Bonchev–Trinajstić information content (AvgIpc) is 3.41. The Kier molecular flexibility index (Phi) is 5.58. The predicted octanol–water partition coefficient (Wildman–Crippen LogP) is 4.76. The van der Waals surface area contributed by atoms with Gasteiger partial charge in [0.15, 0.2) is 5.13 Å². The molecule has 0 atom stereocenters. The summed E-state index contributed by atoms with van der Waals surface area (Å²) in [5.41, 5.74) is 2.38. The van der Waals surface area contributed by atoms with Crippen LogP contribution in [0.2, 0.25) is 0 Å². The molecule has 9 heteroatoms. The fourth-order valence-corrected chi connectivity index (χ4v) is 5.22. The Balaban J connectivity index is 1.56. The van der Waals surface area contributed by atoms with Gasteiger partial charge in [-0.2, -0.15) is 15.4 Å². The van der Waals surface area contributed by atoms with E-state index < -0.39 is 0 Å². The van der Waals surface area contributed by atoms with E-state index in [9.17, 15) is 4.79 Å². The number of aromatic amines is 1. The first kappa shape index (κ1) is 18.2. The Bertz CT molecular complexity index is 917. The number of carbonyl (C=O) groups is 1. The van der Waals surface area contributed by atoms with Crippen LogP contribution in [-0.2, 0) is 0 Å². The van der Waals surface area contributed by atoms with E-state index in [4.69, 9.17) is 0 Å². The van der Waals surface area contributed by atoms with E-state index in [1.807, 2.05) is 29.3 Å². The minimum absolute atomic E-state index is 0.146. The molecule has 7 nitrogen and oxygen atoms in total. The Labute approximate surface area is 165 Å². The van der Waals surface area contributed by atoms with Gasteiger partial charge in [0, 0.05) is 12.2 Å². The number of thiazole rings is 1. The van der Waals surface area contributed by atoms with Crippen molar-refractivity contribution in [3.63, 3.8) is 0 Å². The molecule has 2 N–H and O–H groups in total. The van der Waals surface area contributed by atoms with Crippen molar-refractivity contribution in [3.8, 4) is 0 Å². The van der Waals surface area contributed by atoms with Gasteiger partial charge in [0.1, 0.15) is 11.0 Å². The summed E-state index contributed by atoms with van der Waals surface area (Å²) in [7, 11) is 0. The lowest BCUT2D eigenvalue weighted by Crippen LogP contribution is -2.38. The lowest BCUT2D eigenvalue weighted by molar-refractivity contribution is 0.255. The number of benzene rings is 1. The van der Waals surface area contributed by atoms with Crippen LogP contribution in [0.5, 0.6) is 0 Å². The molecule has 2 aromatic heterocycles. The van der Waals surface area contributed by atoms with Crippen molar-refractivity contribution in [2.24, 2.45) is 5.92 Å². The number of nitrogens with one attached hydrogen (secondary N) is 2. The first-order chi connectivity index (χ1) is 13.2. The molecule has 1 saturated carbocycles. The second-order valence-corrected chi connectivity index (χ2v) is 9.20. The number of urea groups is 1. The molecule has 142 valence electrons. The summed E-state index contributed by atoms with van der Waals surface area (Å²) in [5.74, 6) is 1.52. The number of rotatable bonds is 6. The molecule has 27 heavy (non-hydrogen) atoms. The number of hydrogen-bond acceptors (Lipinski definition) is 6. The molecular formula is C18H22N6OS2. The Morgan fingerprint density at radius 2 is 2.15 bits per heavy atom. The summed E-state index contributed by atoms with van der Waals surface area (Å²) in [6.45, 7) is 2.81. The first-order valence-corrected chi connectivity index (χ1v) is 11.0. The molecule has 1 aromatic carbocycles. The van der Waals surface area contributed by atoms with Gasteiger partial charge in [0.2, 0.25) is 0 Å². The quantitative estimate of drug-likeness (QED) is 0.581. The summed E-state index contributed by atoms with van der Waals surface area (Å²) in [6, 6.07) is 5.59. The highest BCUT2D eigenvalue weighted by Crippen LogP contribution is 2.31. The molecule has 1 fully saturated rings. The summed E-state index contributed by atoms with van der Waals surface area (Å²) in [6.07, 6.45) is 6.64. The van der Waals surface area contributed by atoms with E-state index in [-0.39, 0.29) is 6.03 Å². The van der Waals surface area contributed by atoms with Crippen molar-refractivity contribution in [1.82, 2.24) is 20.4 Å². The Hall–Kier alpha value is -2.13. The van der Waals surface area contributed by atoms with Crippen LogP contribution in [0, 0.1) is 5.92 Å². The maximum Gasteiger partial charge on any atom is 0.328 e. The smallest absolute Gasteiger partial charge is 0.294 e. The van der Waals surface area contributed by atoms with Gasteiger partial charge >= 0.3 is 6.03 Å². The molecule has 1 aliphatic carbocycles. The number of anilines is 2. The highest BCUT2D eigenvalue weighted by molar-refractivity contribution is 8.01. The van der Waals surface area contributed by atoms with Gasteiger partial charge in [-0.3, -0.25) is 10.2 Å². The second kappa shape index (κ2) is 8.26. The molecule has 3 aromatic rings. The van der Waals surface area contributed by atoms with Gasteiger partial charge in [-0.05, 0) is 42.7 Å². The third-order valence-corrected chi connectivity index (χ3v) is 6.75. The van der Waals surface area contributed by atoms with Gasteiger partial charge in [-0.15, -0.1) is 11.8 Å². The van der Waals surface area contributed by atoms with Crippen LogP contribution >= 0.6 is 23.1 Å². The van der Waals surface area contributed by atoms with E-state index in [2.05, 4.69) is 32.6 Å². The van der Waals surface area contributed by atoms with Crippen LogP contribution in [0.15, 0.2) is 28.6 Å². The minimum atomic E-state index is -0.146. The molecule has 2 heterocycles. The number of H-pyrrole nitrogens is 1. The van der Waals surface area contributed by atoms with Crippen molar-refractivity contribution >= 4 is 51.0 Å². The molecule has 0 spiro atoms. The minimum Gasteiger partial charge on any atom is -0.294 e. The van der Waals surface area contributed by atoms with Crippen molar-refractivity contribution in [1.29, 1.82) is 0 Å². The summed E-state index contributed by atoms with van der Waals surface area (Å²) in [4.78, 5) is 19.2. The van der Waals surface area contributed by atoms with E-state index in [1.54, 1.807) is 11.8 Å². The number of aromatic nitrogens is 4. The topological polar surface area (TPSA) is 86.8 Å². The van der Waals surface area contributed by atoms with Crippen LogP contribution in [0.4, 0.5) is 15.6 Å². The van der Waals surface area contributed by atoms with E-state index in [0.717, 1.165) is 26.7 Å². The first-order valence-electron chi connectivity index (χ1n) is 9.20. The van der Waals surface area contributed by atoms with Gasteiger partial charge in [-0.25, -0.2) is 9.78 Å². The largest absolute Gasteiger partial charge is 0.328 e. The lowest BCUT2D eigenvalue weighted by Gasteiger charge is -2.25. The summed E-state index contributed by atoms with van der Waals surface area (Å²) >= 11 is 3.24. The monoisotopic (exact) mass is 402 g/mol. The third-order valence-electron chi connectivity index (χ3n) is 4.76. The molecule has 0 unspecified atom stereocenters. The lowest BCUT2D eigenvalue weighted by atomic mass is 10.1. The normalized spacial score (nSPS) is 14.7. The second-order valence-electron chi connectivity index (χ2n) is 6.61. The number of carbonyl (C=O) groups excluding carboxylic acids is 1. The summed E-state index contributed by atoms with van der Waals surface area (Å²) < 4.78 is 1.11.